The van der Waals surface area contributed by atoms with E-state index in [0.29, 0.717) is 43.4 Å². The Bertz CT molecular complexity index is 1150. The lowest BCUT2D eigenvalue weighted by Crippen LogP contribution is -2.49. The SMILES string of the molecule is CC1(C(=O)NCC2CC(C3=C(c4ccc(F)cc4)CCc4c(F)cc(F)cc43)C2)CC(=O)C1. The maximum absolute atomic E-state index is 14.6. The molecule has 33 heavy (non-hydrogen) atoms. The number of rotatable bonds is 5. The fraction of sp³-hybridized carbons (Fsp3) is 0.407. The van der Waals surface area contributed by atoms with Crippen LogP contribution in [0.2, 0.25) is 0 Å². The van der Waals surface area contributed by atoms with Gasteiger partial charge < -0.3 is 5.32 Å². The van der Waals surface area contributed by atoms with E-state index >= 15 is 0 Å². The molecule has 0 unspecified atom stereocenters. The molecule has 3 aliphatic carbocycles. The summed E-state index contributed by atoms with van der Waals surface area (Å²) in [6.07, 6.45) is 3.28. The first-order chi connectivity index (χ1) is 15.7. The van der Waals surface area contributed by atoms with E-state index in [2.05, 4.69) is 5.32 Å². The summed E-state index contributed by atoms with van der Waals surface area (Å²) in [6, 6.07) is 8.62. The van der Waals surface area contributed by atoms with Gasteiger partial charge in [-0.25, -0.2) is 13.2 Å². The summed E-state index contributed by atoms with van der Waals surface area (Å²) in [5, 5.41) is 2.99. The average Bonchev–Trinajstić information content (AvgIpc) is 2.72. The molecule has 3 aliphatic rings. The zero-order valence-electron chi connectivity index (χ0n) is 18.5. The van der Waals surface area contributed by atoms with Crippen LogP contribution in [0, 0.1) is 34.7 Å². The number of ketones is 1. The van der Waals surface area contributed by atoms with Crippen LogP contribution in [0.25, 0.3) is 11.1 Å². The van der Waals surface area contributed by atoms with Crippen LogP contribution in [0.15, 0.2) is 36.4 Å². The standard InChI is InChI=1S/C27H26F3NO2/c1-27(12-20(32)13-27)26(33)31-14-15-8-17(9-15)25-21(16-2-4-18(28)5-3-16)6-7-22-23(25)10-19(29)11-24(22)30/h2-5,10-11,15,17H,6-9,12-14H2,1H3,(H,31,33). The van der Waals surface area contributed by atoms with Crippen LogP contribution >= 0.6 is 0 Å². The minimum absolute atomic E-state index is 0.0797. The molecule has 1 N–H and O–H groups in total. The van der Waals surface area contributed by atoms with E-state index in [9.17, 15) is 22.8 Å². The van der Waals surface area contributed by atoms with Crippen molar-refractivity contribution in [1.82, 2.24) is 5.32 Å². The predicted octanol–water partition coefficient (Wildman–Crippen LogP) is 5.47. The number of nitrogens with one attached hydrogen (secondary N) is 1. The zero-order chi connectivity index (χ0) is 23.3. The Balaban J connectivity index is 1.37. The van der Waals surface area contributed by atoms with Crippen LogP contribution in [-0.4, -0.2) is 18.2 Å². The van der Waals surface area contributed by atoms with E-state index in [1.165, 1.54) is 18.2 Å². The van der Waals surface area contributed by atoms with Crippen molar-refractivity contribution in [2.45, 2.75) is 45.4 Å². The molecule has 0 atom stereocenters. The number of carbonyl (C=O) groups is 2. The first kappa shape index (κ1) is 21.9. The highest BCUT2D eigenvalue weighted by Gasteiger charge is 2.46. The number of fused-ring (bicyclic) bond motifs is 1. The van der Waals surface area contributed by atoms with E-state index in [0.717, 1.165) is 35.6 Å². The van der Waals surface area contributed by atoms with E-state index in [4.69, 9.17) is 0 Å². The maximum atomic E-state index is 14.6. The van der Waals surface area contributed by atoms with Crippen molar-refractivity contribution in [2.24, 2.45) is 17.3 Å². The van der Waals surface area contributed by atoms with Crippen molar-refractivity contribution in [3.05, 3.63) is 70.5 Å². The fourth-order valence-electron chi connectivity index (χ4n) is 5.63. The highest BCUT2D eigenvalue weighted by molar-refractivity contribution is 5.99. The number of carbonyl (C=O) groups excluding carboxylic acids is 2. The second-order valence-corrected chi connectivity index (χ2v) is 10.0. The third-order valence-electron chi connectivity index (χ3n) is 7.51. The minimum atomic E-state index is -0.601. The molecule has 0 heterocycles. The van der Waals surface area contributed by atoms with Crippen LogP contribution in [0.1, 0.15) is 55.7 Å². The van der Waals surface area contributed by atoms with Gasteiger partial charge in [-0.3, -0.25) is 9.59 Å². The van der Waals surface area contributed by atoms with Gasteiger partial charge in [0, 0.05) is 25.5 Å². The topological polar surface area (TPSA) is 46.2 Å². The Morgan fingerprint density at radius 2 is 1.73 bits per heavy atom. The Morgan fingerprint density at radius 3 is 2.39 bits per heavy atom. The molecule has 0 bridgehead atoms. The molecule has 172 valence electrons. The first-order valence-corrected chi connectivity index (χ1v) is 11.5. The van der Waals surface area contributed by atoms with E-state index in [-0.39, 0.29) is 29.3 Å². The summed E-state index contributed by atoms with van der Waals surface area (Å²) in [5.74, 6) is -1.02. The Hall–Kier alpha value is -2.89. The largest absolute Gasteiger partial charge is 0.355 e. The van der Waals surface area contributed by atoms with Crippen molar-refractivity contribution < 1.29 is 22.8 Å². The second-order valence-electron chi connectivity index (χ2n) is 10.0. The van der Waals surface area contributed by atoms with Gasteiger partial charge in [-0.2, -0.15) is 0 Å². The smallest absolute Gasteiger partial charge is 0.226 e. The van der Waals surface area contributed by atoms with Gasteiger partial charge in [0.15, 0.2) is 0 Å². The molecule has 1 amide bonds. The van der Waals surface area contributed by atoms with Crippen molar-refractivity contribution in [3.63, 3.8) is 0 Å². The van der Waals surface area contributed by atoms with Crippen LogP contribution in [0.5, 0.6) is 0 Å². The predicted molar refractivity (Wildman–Crippen MR) is 119 cm³/mol. The summed E-state index contributed by atoms with van der Waals surface area (Å²) in [4.78, 5) is 23.7. The third kappa shape index (κ3) is 4.00. The molecule has 0 aromatic heterocycles. The molecule has 2 saturated carbocycles. The number of amides is 1. The minimum Gasteiger partial charge on any atom is -0.355 e. The van der Waals surface area contributed by atoms with Crippen molar-refractivity contribution >= 4 is 22.8 Å². The highest BCUT2D eigenvalue weighted by atomic mass is 19.1. The normalized spacial score (nSPS) is 23.5. The summed E-state index contributed by atoms with van der Waals surface area (Å²) in [5.41, 5.74) is 3.40. The van der Waals surface area contributed by atoms with Gasteiger partial charge in [-0.1, -0.05) is 12.1 Å². The molecule has 3 nitrogen and oxygen atoms in total. The van der Waals surface area contributed by atoms with E-state index < -0.39 is 17.0 Å². The molecular formula is C27H26F3NO2. The number of Topliss-reactive ketones (excluding diaryl/α,β-unsaturated/α-hetero) is 1. The first-order valence-electron chi connectivity index (χ1n) is 11.5. The van der Waals surface area contributed by atoms with Crippen molar-refractivity contribution in [2.75, 3.05) is 6.54 Å². The van der Waals surface area contributed by atoms with Crippen LogP contribution in [0.3, 0.4) is 0 Å². The molecule has 2 aromatic rings. The molecule has 2 fully saturated rings. The Morgan fingerprint density at radius 1 is 1.03 bits per heavy atom. The molecule has 5 rings (SSSR count). The fourth-order valence-corrected chi connectivity index (χ4v) is 5.63. The van der Waals surface area contributed by atoms with Gasteiger partial charge in [0.2, 0.25) is 5.91 Å². The lowest BCUT2D eigenvalue weighted by Gasteiger charge is -2.41. The van der Waals surface area contributed by atoms with Gasteiger partial charge in [-0.05, 0) is 90.5 Å². The third-order valence-corrected chi connectivity index (χ3v) is 7.51. The van der Waals surface area contributed by atoms with Crippen molar-refractivity contribution in [3.8, 4) is 0 Å². The summed E-state index contributed by atoms with van der Waals surface area (Å²) >= 11 is 0. The van der Waals surface area contributed by atoms with Gasteiger partial charge >= 0.3 is 0 Å². The molecular weight excluding hydrogens is 427 g/mol. The monoisotopic (exact) mass is 453 g/mol. The van der Waals surface area contributed by atoms with Gasteiger partial charge in [0.05, 0.1) is 5.41 Å². The maximum Gasteiger partial charge on any atom is 0.226 e. The highest BCUT2D eigenvalue weighted by Crippen LogP contribution is 2.50. The quantitative estimate of drug-likeness (QED) is 0.652. The summed E-state index contributed by atoms with van der Waals surface area (Å²) in [6.45, 7) is 2.35. The van der Waals surface area contributed by atoms with Gasteiger partial charge in [-0.15, -0.1) is 0 Å². The van der Waals surface area contributed by atoms with Crippen LogP contribution < -0.4 is 5.32 Å². The summed E-state index contributed by atoms with van der Waals surface area (Å²) < 4.78 is 42.2. The van der Waals surface area contributed by atoms with E-state index in [1.54, 1.807) is 12.1 Å². The molecule has 0 spiro atoms. The second kappa shape index (κ2) is 8.15. The molecule has 0 saturated heterocycles. The number of halogens is 3. The Labute approximate surface area is 191 Å². The van der Waals surface area contributed by atoms with Crippen LogP contribution in [0.4, 0.5) is 13.2 Å². The molecule has 0 radical (unpaired) electrons. The molecule has 6 heteroatoms. The number of hydrogen-bond acceptors (Lipinski definition) is 2. The van der Waals surface area contributed by atoms with Gasteiger partial charge in [0.1, 0.15) is 23.2 Å². The lowest BCUT2D eigenvalue weighted by atomic mass is 9.65. The zero-order valence-corrected chi connectivity index (χ0v) is 18.5. The van der Waals surface area contributed by atoms with E-state index in [1.807, 2.05) is 6.92 Å². The van der Waals surface area contributed by atoms with Gasteiger partial charge in [0.25, 0.3) is 0 Å². The summed E-state index contributed by atoms with van der Waals surface area (Å²) in [7, 11) is 0. The molecule has 2 aromatic carbocycles. The number of hydrogen-bond donors (Lipinski definition) is 1. The molecule has 0 aliphatic heterocycles. The number of benzene rings is 2. The Kier molecular flexibility index (Phi) is 5.42. The average molecular weight is 454 g/mol. The van der Waals surface area contributed by atoms with Crippen molar-refractivity contribution in [1.29, 1.82) is 0 Å². The number of allylic oxidation sites excluding steroid dienone is 2. The lowest BCUT2D eigenvalue weighted by molar-refractivity contribution is -0.146. The van der Waals surface area contributed by atoms with Crippen LogP contribution in [-0.2, 0) is 16.0 Å².